The Hall–Kier alpha value is -3.08. The molecule has 3 rings (SSSR count). The Balaban J connectivity index is 1.86. The van der Waals surface area contributed by atoms with Gasteiger partial charge in [-0.3, -0.25) is 4.79 Å². The highest BCUT2D eigenvalue weighted by Gasteiger charge is 2.23. The van der Waals surface area contributed by atoms with Crippen LogP contribution in [0.25, 0.3) is 6.08 Å². The van der Waals surface area contributed by atoms with Crippen LogP contribution in [0.3, 0.4) is 0 Å². The van der Waals surface area contributed by atoms with Gasteiger partial charge in [-0.1, -0.05) is 24.3 Å². The van der Waals surface area contributed by atoms with Gasteiger partial charge in [0, 0.05) is 0 Å². The zero-order chi connectivity index (χ0) is 17.8. The minimum Gasteiger partial charge on any atom is -0.496 e. The first-order valence-corrected chi connectivity index (χ1v) is 8.08. The SMILES string of the molecule is COc1ccccc1C1=N/C(=C/c2ccc(OC(C)C)cc2)C(=O)N1. The van der Waals surface area contributed by atoms with Crippen LogP contribution in [0.15, 0.2) is 59.2 Å². The number of hydrogen-bond acceptors (Lipinski definition) is 4. The second kappa shape index (κ2) is 7.21. The largest absolute Gasteiger partial charge is 0.496 e. The molecule has 0 atom stereocenters. The van der Waals surface area contributed by atoms with Gasteiger partial charge >= 0.3 is 0 Å². The van der Waals surface area contributed by atoms with E-state index in [2.05, 4.69) is 10.3 Å². The third kappa shape index (κ3) is 3.88. The Labute approximate surface area is 147 Å². The first kappa shape index (κ1) is 16.8. The molecule has 25 heavy (non-hydrogen) atoms. The molecule has 0 aromatic heterocycles. The number of carbonyl (C=O) groups excluding carboxylic acids is 1. The average Bonchev–Trinajstić information content (AvgIpc) is 2.96. The molecule has 0 radical (unpaired) electrons. The van der Waals surface area contributed by atoms with Gasteiger partial charge in [0.15, 0.2) is 0 Å². The Kier molecular flexibility index (Phi) is 4.84. The molecule has 1 heterocycles. The molecule has 5 nitrogen and oxygen atoms in total. The van der Waals surface area contributed by atoms with Gasteiger partial charge < -0.3 is 14.8 Å². The van der Waals surface area contributed by atoms with Crippen molar-refractivity contribution in [1.29, 1.82) is 0 Å². The maximum atomic E-state index is 12.2. The fourth-order valence-corrected chi connectivity index (χ4v) is 2.51. The second-order valence-corrected chi connectivity index (χ2v) is 5.88. The predicted molar refractivity (Wildman–Crippen MR) is 97.9 cm³/mol. The minimum absolute atomic E-state index is 0.123. The molecule has 0 fully saturated rings. The van der Waals surface area contributed by atoms with E-state index in [0.29, 0.717) is 17.3 Å². The number of ether oxygens (including phenoxy) is 2. The molecular weight excluding hydrogens is 316 g/mol. The van der Waals surface area contributed by atoms with Crippen molar-refractivity contribution in [2.75, 3.05) is 7.11 Å². The highest BCUT2D eigenvalue weighted by Crippen LogP contribution is 2.22. The van der Waals surface area contributed by atoms with Crippen LogP contribution in [0.2, 0.25) is 0 Å². The van der Waals surface area contributed by atoms with Gasteiger partial charge in [0.05, 0.1) is 18.8 Å². The number of aliphatic imine (C=N–C) groups is 1. The summed E-state index contributed by atoms with van der Waals surface area (Å²) in [6, 6.07) is 15.0. The molecule has 5 heteroatoms. The van der Waals surface area contributed by atoms with E-state index in [-0.39, 0.29) is 12.0 Å². The van der Waals surface area contributed by atoms with Crippen LogP contribution in [0.1, 0.15) is 25.0 Å². The molecular formula is C20H20N2O3. The lowest BCUT2D eigenvalue weighted by Gasteiger charge is -2.09. The fourth-order valence-electron chi connectivity index (χ4n) is 2.51. The summed E-state index contributed by atoms with van der Waals surface area (Å²) in [5, 5.41) is 2.79. The third-order valence-corrected chi connectivity index (χ3v) is 3.61. The molecule has 0 spiro atoms. The Morgan fingerprint density at radius 3 is 2.48 bits per heavy atom. The molecule has 1 N–H and O–H groups in total. The number of para-hydroxylation sites is 1. The molecule has 0 unspecified atom stereocenters. The van der Waals surface area contributed by atoms with E-state index in [9.17, 15) is 4.79 Å². The number of hydrogen-bond donors (Lipinski definition) is 1. The van der Waals surface area contributed by atoms with Gasteiger partial charge in [-0.05, 0) is 49.8 Å². The first-order chi connectivity index (χ1) is 12.1. The lowest BCUT2D eigenvalue weighted by molar-refractivity contribution is -0.115. The van der Waals surface area contributed by atoms with Gasteiger partial charge in [0.2, 0.25) is 0 Å². The van der Waals surface area contributed by atoms with Crippen LogP contribution >= 0.6 is 0 Å². The topological polar surface area (TPSA) is 59.9 Å². The summed E-state index contributed by atoms with van der Waals surface area (Å²) in [5.74, 6) is 1.72. The van der Waals surface area contributed by atoms with E-state index in [1.165, 1.54) is 0 Å². The van der Waals surface area contributed by atoms with Crippen molar-refractivity contribution in [2.24, 2.45) is 4.99 Å². The number of nitrogens with one attached hydrogen (secondary N) is 1. The number of rotatable bonds is 5. The van der Waals surface area contributed by atoms with Gasteiger partial charge in [-0.15, -0.1) is 0 Å². The number of methoxy groups -OCH3 is 1. The minimum atomic E-state index is -0.233. The summed E-state index contributed by atoms with van der Waals surface area (Å²) < 4.78 is 10.9. The Morgan fingerprint density at radius 2 is 1.80 bits per heavy atom. The highest BCUT2D eigenvalue weighted by atomic mass is 16.5. The standard InChI is InChI=1S/C20H20N2O3/c1-13(2)25-15-10-8-14(9-11-15)12-17-20(23)22-19(21-17)16-6-4-5-7-18(16)24-3/h4-13H,1-3H3,(H,21,22,23)/b17-12+. The van der Waals surface area contributed by atoms with Crippen molar-refractivity contribution in [3.63, 3.8) is 0 Å². The number of benzene rings is 2. The molecule has 2 aromatic carbocycles. The lowest BCUT2D eigenvalue weighted by Crippen LogP contribution is -2.25. The van der Waals surface area contributed by atoms with Crippen molar-refractivity contribution < 1.29 is 14.3 Å². The zero-order valence-corrected chi connectivity index (χ0v) is 14.4. The molecule has 1 aliphatic heterocycles. The van der Waals surface area contributed by atoms with E-state index >= 15 is 0 Å². The van der Waals surface area contributed by atoms with Crippen molar-refractivity contribution >= 4 is 17.8 Å². The Morgan fingerprint density at radius 1 is 1.08 bits per heavy atom. The van der Waals surface area contributed by atoms with Gasteiger partial charge in [-0.25, -0.2) is 4.99 Å². The van der Waals surface area contributed by atoms with Gasteiger partial charge in [0.1, 0.15) is 23.0 Å². The van der Waals surface area contributed by atoms with Gasteiger partial charge in [0.25, 0.3) is 5.91 Å². The lowest BCUT2D eigenvalue weighted by atomic mass is 10.2. The fraction of sp³-hybridized carbons (Fsp3) is 0.200. The molecule has 0 saturated carbocycles. The first-order valence-electron chi connectivity index (χ1n) is 8.08. The number of amides is 1. The van der Waals surface area contributed by atoms with Crippen molar-refractivity contribution in [2.45, 2.75) is 20.0 Å². The molecule has 0 bridgehead atoms. The number of carbonyl (C=O) groups is 1. The van der Waals surface area contributed by atoms with Crippen molar-refractivity contribution in [3.8, 4) is 11.5 Å². The summed E-state index contributed by atoms with van der Waals surface area (Å²) in [6.07, 6.45) is 1.87. The van der Waals surface area contributed by atoms with Crippen LogP contribution in [0.4, 0.5) is 0 Å². The van der Waals surface area contributed by atoms with Crippen LogP contribution in [-0.2, 0) is 4.79 Å². The average molecular weight is 336 g/mol. The molecule has 2 aromatic rings. The highest BCUT2D eigenvalue weighted by molar-refractivity contribution is 6.20. The maximum Gasteiger partial charge on any atom is 0.275 e. The van der Waals surface area contributed by atoms with Crippen LogP contribution in [-0.4, -0.2) is 25.0 Å². The summed E-state index contributed by atoms with van der Waals surface area (Å²) in [6.45, 7) is 3.96. The summed E-state index contributed by atoms with van der Waals surface area (Å²) in [7, 11) is 1.59. The van der Waals surface area contributed by atoms with E-state index in [1.807, 2.05) is 62.4 Å². The molecule has 0 saturated heterocycles. The van der Waals surface area contributed by atoms with Crippen molar-refractivity contribution in [3.05, 3.63) is 65.4 Å². The zero-order valence-electron chi connectivity index (χ0n) is 14.4. The molecule has 1 aliphatic rings. The second-order valence-electron chi connectivity index (χ2n) is 5.88. The summed E-state index contributed by atoms with van der Waals surface area (Å²) in [5.41, 5.74) is 1.99. The normalized spacial score (nSPS) is 15.3. The Bertz CT molecular complexity index is 836. The van der Waals surface area contributed by atoms with Crippen LogP contribution < -0.4 is 14.8 Å². The third-order valence-electron chi connectivity index (χ3n) is 3.61. The monoisotopic (exact) mass is 336 g/mol. The van der Waals surface area contributed by atoms with Gasteiger partial charge in [-0.2, -0.15) is 0 Å². The predicted octanol–water partition coefficient (Wildman–Crippen LogP) is 3.40. The maximum absolute atomic E-state index is 12.2. The van der Waals surface area contributed by atoms with Crippen LogP contribution in [0, 0.1) is 0 Å². The smallest absolute Gasteiger partial charge is 0.275 e. The summed E-state index contributed by atoms with van der Waals surface area (Å²) >= 11 is 0. The van der Waals surface area contributed by atoms with E-state index in [0.717, 1.165) is 16.9 Å². The van der Waals surface area contributed by atoms with E-state index in [4.69, 9.17) is 9.47 Å². The van der Waals surface area contributed by atoms with Crippen LogP contribution in [0.5, 0.6) is 11.5 Å². The molecule has 1 amide bonds. The quantitative estimate of drug-likeness (QED) is 0.851. The van der Waals surface area contributed by atoms with Crippen molar-refractivity contribution in [1.82, 2.24) is 5.32 Å². The number of nitrogens with zero attached hydrogens (tertiary/aromatic N) is 1. The summed E-state index contributed by atoms with van der Waals surface area (Å²) in [4.78, 5) is 16.6. The van der Waals surface area contributed by atoms with E-state index < -0.39 is 0 Å². The van der Waals surface area contributed by atoms with E-state index in [1.54, 1.807) is 13.2 Å². The molecule has 0 aliphatic carbocycles. The molecule has 128 valence electrons. The number of amidine groups is 1.